The molecule has 0 aromatic heterocycles. The molecule has 2 N–H and O–H groups in total. The molecule has 0 atom stereocenters. The van der Waals surface area contributed by atoms with Crippen molar-refractivity contribution < 1.29 is 14.2 Å². The molecule has 7 heteroatoms. The average Bonchev–Trinajstić information content (AvgIpc) is 2.65. The lowest BCUT2D eigenvalue weighted by atomic mass is 10.1. The molecule has 0 bridgehead atoms. The molecule has 0 amide bonds. The molecule has 0 saturated heterocycles. The molecule has 0 unspecified atom stereocenters. The van der Waals surface area contributed by atoms with Gasteiger partial charge in [-0.05, 0) is 43.9 Å². The largest absolute Gasteiger partial charge is 0.497 e. The van der Waals surface area contributed by atoms with E-state index in [1.165, 1.54) is 0 Å². The lowest BCUT2D eigenvalue weighted by Gasteiger charge is -2.12. The number of methoxy groups -OCH3 is 2. The van der Waals surface area contributed by atoms with Gasteiger partial charge in [0.2, 0.25) is 0 Å². The van der Waals surface area contributed by atoms with Crippen molar-refractivity contribution in [3.8, 4) is 5.75 Å². The molecular weight excluding hydrogens is 354 g/mol. The molecule has 0 spiro atoms. The minimum atomic E-state index is 0.644. The summed E-state index contributed by atoms with van der Waals surface area (Å²) in [5, 5.41) is 7.33. The maximum atomic E-state index is 6.28. The lowest BCUT2D eigenvalue weighted by molar-refractivity contribution is 0.0690. The van der Waals surface area contributed by atoms with Crippen LogP contribution in [0.5, 0.6) is 5.75 Å². The van der Waals surface area contributed by atoms with Gasteiger partial charge in [-0.15, -0.1) is 0 Å². The second-order valence-corrected chi connectivity index (χ2v) is 6.11. The number of halogens is 1. The minimum Gasteiger partial charge on any atom is -0.497 e. The Bertz CT molecular complexity index is 527. The number of hydrogen-bond donors (Lipinski definition) is 2. The third-order valence-corrected chi connectivity index (χ3v) is 4.04. The highest BCUT2D eigenvalue weighted by Crippen LogP contribution is 2.22. The normalized spacial score (nSPS) is 11.5. The third-order valence-electron chi connectivity index (χ3n) is 3.69. The molecule has 1 aromatic carbocycles. The van der Waals surface area contributed by atoms with E-state index in [2.05, 4.69) is 22.5 Å². The van der Waals surface area contributed by atoms with Crippen LogP contribution in [0.1, 0.15) is 25.3 Å². The van der Waals surface area contributed by atoms with Gasteiger partial charge < -0.3 is 24.8 Å². The molecule has 1 aromatic rings. The Morgan fingerprint density at radius 1 is 1.12 bits per heavy atom. The van der Waals surface area contributed by atoms with Crippen LogP contribution in [-0.2, 0) is 15.9 Å². The lowest BCUT2D eigenvalue weighted by Crippen LogP contribution is -2.38. The number of guanidine groups is 1. The van der Waals surface area contributed by atoms with Crippen LogP contribution >= 0.6 is 11.6 Å². The fourth-order valence-corrected chi connectivity index (χ4v) is 2.53. The van der Waals surface area contributed by atoms with Crippen LogP contribution in [0, 0.1) is 0 Å². The van der Waals surface area contributed by atoms with Crippen molar-refractivity contribution in [3.63, 3.8) is 0 Å². The molecule has 0 heterocycles. The van der Waals surface area contributed by atoms with Crippen LogP contribution < -0.4 is 15.4 Å². The van der Waals surface area contributed by atoms with Gasteiger partial charge >= 0.3 is 0 Å². The van der Waals surface area contributed by atoms with E-state index in [4.69, 9.17) is 25.8 Å². The average molecular weight is 386 g/mol. The quantitative estimate of drug-likeness (QED) is 0.310. The Balaban J connectivity index is 2.29. The van der Waals surface area contributed by atoms with E-state index in [1.807, 2.05) is 18.2 Å². The Morgan fingerprint density at radius 3 is 2.65 bits per heavy atom. The Kier molecular flexibility index (Phi) is 12.7. The fourth-order valence-electron chi connectivity index (χ4n) is 2.27. The first-order valence-electron chi connectivity index (χ1n) is 9.12. The molecule has 0 saturated carbocycles. The third kappa shape index (κ3) is 9.85. The number of aliphatic imine (C=N–C) groups is 1. The van der Waals surface area contributed by atoms with Crippen LogP contribution in [0.4, 0.5) is 0 Å². The van der Waals surface area contributed by atoms with E-state index < -0.39 is 0 Å². The van der Waals surface area contributed by atoms with Crippen molar-refractivity contribution >= 4 is 17.6 Å². The highest BCUT2D eigenvalue weighted by molar-refractivity contribution is 6.31. The van der Waals surface area contributed by atoms with E-state index in [9.17, 15) is 0 Å². The van der Waals surface area contributed by atoms with E-state index in [0.29, 0.717) is 13.2 Å². The van der Waals surface area contributed by atoms with Gasteiger partial charge in [-0.1, -0.05) is 17.7 Å². The second kappa shape index (κ2) is 14.6. The Morgan fingerprint density at radius 2 is 1.96 bits per heavy atom. The van der Waals surface area contributed by atoms with Crippen LogP contribution in [-0.4, -0.2) is 59.6 Å². The summed E-state index contributed by atoms with van der Waals surface area (Å²) in [6, 6.07) is 5.76. The first-order chi connectivity index (χ1) is 12.7. The summed E-state index contributed by atoms with van der Waals surface area (Å²) in [7, 11) is 3.31. The van der Waals surface area contributed by atoms with Crippen LogP contribution in [0.15, 0.2) is 23.2 Å². The Hall–Kier alpha value is -1.50. The van der Waals surface area contributed by atoms with E-state index in [0.717, 1.165) is 67.8 Å². The molecule has 0 aliphatic carbocycles. The highest BCUT2D eigenvalue weighted by Gasteiger charge is 2.03. The first kappa shape index (κ1) is 22.5. The van der Waals surface area contributed by atoms with Crippen molar-refractivity contribution in [1.82, 2.24) is 10.6 Å². The van der Waals surface area contributed by atoms with Crippen LogP contribution in [0.3, 0.4) is 0 Å². The summed E-state index contributed by atoms with van der Waals surface area (Å²) in [6.07, 6.45) is 2.81. The minimum absolute atomic E-state index is 0.644. The van der Waals surface area contributed by atoms with Gasteiger partial charge in [0.05, 0.1) is 20.3 Å². The standard InChI is InChI=1S/C19H32ClN3O3/c1-4-21-19(22-10-5-6-12-26-14-13-24-2)23-11-9-16-7-8-17(25-3)15-18(16)20/h7-8,15H,4-6,9-14H2,1-3H3,(H2,21,22,23). The van der Waals surface area contributed by atoms with E-state index in [1.54, 1.807) is 14.2 Å². The topological polar surface area (TPSA) is 64.1 Å². The first-order valence-corrected chi connectivity index (χ1v) is 9.50. The van der Waals surface area contributed by atoms with Gasteiger partial charge in [-0.2, -0.15) is 0 Å². The van der Waals surface area contributed by atoms with Gasteiger partial charge in [0, 0.05) is 38.4 Å². The van der Waals surface area contributed by atoms with Crippen LogP contribution in [0.25, 0.3) is 0 Å². The predicted molar refractivity (Wildman–Crippen MR) is 108 cm³/mol. The summed E-state index contributed by atoms with van der Waals surface area (Å²) >= 11 is 6.28. The molecule has 6 nitrogen and oxygen atoms in total. The summed E-state index contributed by atoms with van der Waals surface area (Å²) in [5.74, 6) is 1.60. The van der Waals surface area contributed by atoms with Crippen molar-refractivity contribution in [2.45, 2.75) is 26.2 Å². The monoisotopic (exact) mass is 385 g/mol. The highest BCUT2D eigenvalue weighted by atomic mass is 35.5. The summed E-state index contributed by atoms with van der Waals surface area (Å²) in [6.45, 7) is 6.46. The van der Waals surface area contributed by atoms with E-state index in [-0.39, 0.29) is 0 Å². The van der Waals surface area contributed by atoms with Crippen molar-refractivity contribution in [1.29, 1.82) is 0 Å². The van der Waals surface area contributed by atoms with Crippen molar-refractivity contribution in [3.05, 3.63) is 28.8 Å². The molecule has 26 heavy (non-hydrogen) atoms. The molecule has 1 rings (SSSR count). The molecule has 0 fully saturated rings. The zero-order valence-corrected chi connectivity index (χ0v) is 16.9. The van der Waals surface area contributed by atoms with Gasteiger partial charge in [0.25, 0.3) is 0 Å². The van der Waals surface area contributed by atoms with Gasteiger partial charge in [0.15, 0.2) is 5.96 Å². The van der Waals surface area contributed by atoms with E-state index >= 15 is 0 Å². The summed E-state index contributed by atoms with van der Waals surface area (Å²) < 4.78 is 15.6. The van der Waals surface area contributed by atoms with Crippen LogP contribution in [0.2, 0.25) is 5.02 Å². The fraction of sp³-hybridized carbons (Fsp3) is 0.632. The number of rotatable bonds is 13. The number of hydrogen-bond acceptors (Lipinski definition) is 4. The van der Waals surface area contributed by atoms with Gasteiger partial charge in [0.1, 0.15) is 5.75 Å². The maximum absolute atomic E-state index is 6.28. The molecule has 0 aliphatic rings. The smallest absolute Gasteiger partial charge is 0.191 e. The van der Waals surface area contributed by atoms with Crippen molar-refractivity contribution in [2.75, 3.05) is 53.7 Å². The zero-order valence-electron chi connectivity index (χ0n) is 16.1. The Labute approximate surface area is 162 Å². The molecule has 148 valence electrons. The molecule has 0 aliphatic heterocycles. The SMILES string of the molecule is CCNC(=NCCCCOCCOC)NCCc1ccc(OC)cc1Cl. The number of ether oxygens (including phenoxy) is 3. The zero-order chi connectivity index (χ0) is 19.0. The second-order valence-electron chi connectivity index (χ2n) is 5.71. The molecular formula is C19H32ClN3O3. The number of benzene rings is 1. The number of unbranched alkanes of at least 4 members (excludes halogenated alkanes) is 1. The number of nitrogens with zero attached hydrogens (tertiary/aromatic N) is 1. The van der Waals surface area contributed by atoms with Crippen molar-refractivity contribution in [2.24, 2.45) is 4.99 Å². The predicted octanol–water partition coefficient (Wildman–Crippen LogP) is 2.89. The maximum Gasteiger partial charge on any atom is 0.191 e. The number of nitrogens with one attached hydrogen (secondary N) is 2. The summed E-state index contributed by atoms with van der Waals surface area (Å²) in [5.41, 5.74) is 1.09. The molecule has 0 radical (unpaired) electrons. The van der Waals surface area contributed by atoms with Gasteiger partial charge in [-0.25, -0.2) is 0 Å². The summed E-state index contributed by atoms with van der Waals surface area (Å²) in [4.78, 5) is 4.59. The van der Waals surface area contributed by atoms with Gasteiger partial charge in [-0.3, -0.25) is 4.99 Å².